The molecule has 2 aliphatic rings. The van der Waals surface area contributed by atoms with E-state index >= 15 is 0 Å². The highest BCUT2D eigenvalue weighted by Gasteiger charge is 2.37. The molecule has 88 valence electrons. The molecule has 1 aliphatic heterocycles. The van der Waals surface area contributed by atoms with Gasteiger partial charge in [0.25, 0.3) is 0 Å². The molecule has 0 amide bonds. The highest BCUT2D eigenvalue weighted by Crippen LogP contribution is 2.45. The average molecular weight is 221 g/mol. The summed E-state index contributed by atoms with van der Waals surface area (Å²) in [5.74, 6) is 3.32. The van der Waals surface area contributed by atoms with Gasteiger partial charge in [0, 0.05) is 25.0 Å². The number of H-pyrrole nitrogens is 1. The minimum absolute atomic E-state index is 0.359. The van der Waals surface area contributed by atoms with Crippen molar-refractivity contribution in [3.8, 4) is 0 Å². The number of hydrogen-bond donors (Lipinski definition) is 2. The maximum absolute atomic E-state index is 5.88. The van der Waals surface area contributed by atoms with Crippen LogP contribution in [0.25, 0.3) is 0 Å². The maximum Gasteiger partial charge on any atom is 0.244 e. The van der Waals surface area contributed by atoms with E-state index in [1.165, 1.54) is 6.42 Å². The van der Waals surface area contributed by atoms with Crippen LogP contribution in [0.4, 0.5) is 5.95 Å². The van der Waals surface area contributed by atoms with Crippen LogP contribution >= 0.6 is 0 Å². The zero-order valence-corrected chi connectivity index (χ0v) is 9.69. The lowest BCUT2D eigenvalue weighted by Gasteiger charge is -2.28. The molecule has 1 aliphatic carbocycles. The lowest BCUT2D eigenvalue weighted by Crippen LogP contribution is -2.40. The Balaban J connectivity index is 1.68. The molecule has 0 spiro atoms. The predicted molar refractivity (Wildman–Crippen MR) is 62.3 cm³/mol. The third kappa shape index (κ3) is 1.80. The summed E-state index contributed by atoms with van der Waals surface area (Å²) in [6.07, 6.45) is 3.34. The first kappa shape index (κ1) is 10.1. The van der Waals surface area contributed by atoms with Crippen molar-refractivity contribution in [1.29, 1.82) is 0 Å². The Hall–Kier alpha value is -1.10. The van der Waals surface area contributed by atoms with Gasteiger partial charge in [-0.2, -0.15) is 4.98 Å². The van der Waals surface area contributed by atoms with Crippen LogP contribution in [0.2, 0.25) is 0 Å². The molecule has 1 saturated heterocycles. The van der Waals surface area contributed by atoms with Crippen molar-refractivity contribution in [3.05, 3.63) is 5.82 Å². The molecule has 2 heterocycles. The first-order chi connectivity index (χ1) is 7.74. The number of rotatable bonds is 2. The third-order valence-electron chi connectivity index (χ3n) is 3.77. The molecule has 1 aromatic rings. The van der Waals surface area contributed by atoms with Crippen molar-refractivity contribution in [2.45, 2.75) is 38.1 Å². The van der Waals surface area contributed by atoms with Gasteiger partial charge in [0.2, 0.25) is 5.95 Å². The molecule has 0 radical (unpaired) electrons. The Bertz CT molecular complexity index is 366. The number of nitrogens with two attached hydrogens (primary N) is 1. The second-order valence-electron chi connectivity index (χ2n) is 5.16. The van der Waals surface area contributed by atoms with Gasteiger partial charge < -0.3 is 10.6 Å². The van der Waals surface area contributed by atoms with Crippen molar-refractivity contribution in [1.82, 2.24) is 15.2 Å². The molecule has 2 atom stereocenters. The molecule has 2 fully saturated rings. The fraction of sp³-hybridized carbons (Fsp3) is 0.818. The summed E-state index contributed by atoms with van der Waals surface area (Å²) < 4.78 is 0. The Morgan fingerprint density at radius 2 is 2.06 bits per heavy atom. The third-order valence-corrected chi connectivity index (χ3v) is 3.77. The van der Waals surface area contributed by atoms with Gasteiger partial charge in [-0.1, -0.05) is 6.92 Å². The molecule has 1 saturated carbocycles. The number of nitrogens with one attached hydrogen (secondary N) is 1. The number of hydrogen-bond acceptors (Lipinski definition) is 4. The number of nitrogens with zero attached hydrogens (tertiary/aromatic N) is 3. The zero-order valence-electron chi connectivity index (χ0n) is 9.69. The van der Waals surface area contributed by atoms with Gasteiger partial charge in [0.1, 0.15) is 5.82 Å². The Labute approximate surface area is 95.4 Å². The van der Waals surface area contributed by atoms with Crippen molar-refractivity contribution in [2.24, 2.45) is 11.7 Å². The van der Waals surface area contributed by atoms with Crippen LogP contribution in [0.1, 0.15) is 37.9 Å². The van der Waals surface area contributed by atoms with E-state index in [4.69, 9.17) is 5.73 Å². The summed E-state index contributed by atoms with van der Waals surface area (Å²) >= 11 is 0. The van der Waals surface area contributed by atoms with Gasteiger partial charge in [-0.3, -0.25) is 5.10 Å². The lowest BCUT2D eigenvalue weighted by atomic mass is 10.1. The van der Waals surface area contributed by atoms with Crippen LogP contribution in [0.3, 0.4) is 0 Å². The van der Waals surface area contributed by atoms with Gasteiger partial charge >= 0.3 is 0 Å². The molecule has 3 rings (SSSR count). The zero-order chi connectivity index (χ0) is 11.1. The van der Waals surface area contributed by atoms with Crippen molar-refractivity contribution < 1.29 is 0 Å². The largest absolute Gasteiger partial charge is 0.339 e. The fourth-order valence-electron chi connectivity index (χ4n) is 2.37. The first-order valence-corrected chi connectivity index (χ1v) is 6.17. The normalized spacial score (nSPS) is 30.8. The van der Waals surface area contributed by atoms with Gasteiger partial charge in [-0.25, -0.2) is 0 Å². The van der Waals surface area contributed by atoms with Crippen molar-refractivity contribution in [2.75, 3.05) is 18.0 Å². The van der Waals surface area contributed by atoms with E-state index in [1.807, 2.05) is 0 Å². The van der Waals surface area contributed by atoms with Crippen LogP contribution in [-0.2, 0) is 0 Å². The molecule has 1 aromatic heterocycles. The number of aromatic nitrogens is 3. The van der Waals surface area contributed by atoms with E-state index in [-0.39, 0.29) is 0 Å². The van der Waals surface area contributed by atoms with Crippen molar-refractivity contribution in [3.63, 3.8) is 0 Å². The molecular formula is C11H19N5. The predicted octanol–water partition coefficient (Wildman–Crippen LogP) is 0.856. The molecule has 0 bridgehead atoms. The highest BCUT2D eigenvalue weighted by molar-refractivity contribution is 5.31. The molecule has 2 unspecified atom stereocenters. The number of anilines is 1. The van der Waals surface area contributed by atoms with Crippen LogP contribution in [0, 0.1) is 5.92 Å². The molecule has 5 heteroatoms. The van der Waals surface area contributed by atoms with E-state index in [2.05, 4.69) is 27.0 Å². The summed E-state index contributed by atoms with van der Waals surface area (Å²) in [6, 6.07) is 0.359. The Kier molecular flexibility index (Phi) is 2.35. The minimum atomic E-state index is 0.359. The first-order valence-electron chi connectivity index (χ1n) is 6.17. The second-order valence-corrected chi connectivity index (χ2v) is 5.16. The smallest absolute Gasteiger partial charge is 0.244 e. The van der Waals surface area contributed by atoms with E-state index in [9.17, 15) is 0 Å². The number of piperidine rings is 1. The standard InChI is InChI=1S/C11H19N5/c1-7-6-9(7)10-13-11(15-14-10)16-4-2-8(12)3-5-16/h7-9H,2-6,12H2,1H3,(H,13,14,15). The molecule has 5 nitrogen and oxygen atoms in total. The SMILES string of the molecule is CC1CC1c1nc(N2CCC(N)CC2)n[nH]1. The second kappa shape index (κ2) is 3.73. The van der Waals surface area contributed by atoms with Gasteiger partial charge in [-0.15, -0.1) is 5.10 Å². The van der Waals surface area contributed by atoms with Crippen LogP contribution in [0.15, 0.2) is 0 Å². The van der Waals surface area contributed by atoms with E-state index in [0.29, 0.717) is 12.0 Å². The summed E-state index contributed by atoms with van der Waals surface area (Å²) in [4.78, 5) is 6.82. The fourth-order valence-corrected chi connectivity index (χ4v) is 2.37. The number of aromatic amines is 1. The topological polar surface area (TPSA) is 70.8 Å². The summed E-state index contributed by atoms with van der Waals surface area (Å²) in [7, 11) is 0. The van der Waals surface area contributed by atoms with Crippen LogP contribution in [0.5, 0.6) is 0 Å². The molecule has 0 aromatic carbocycles. The summed E-state index contributed by atoms with van der Waals surface area (Å²) in [6.45, 7) is 4.23. The van der Waals surface area contributed by atoms with Gasteiger partial charge in [0.15, 0.2) is 0 Å². The van der Waals surface area contributed by atoms with Crippen LogP contribution in [-0.4, -0.2) is 34.3 Å². The van der Waals surface area contributed by atoms with E-state index < -0.39 is 0 Å². The van der Waals surface area contributed by atoms with E-state index in [1.54, 1.807) is 0 Å². The highest BCUT2D eigenvalue weighted by atomic mass is 15.4. The Morgan fingerprint density at radius 3 is 2.69 bits per heavy atom. The molecular weight excluding hydrogens is 202 g/mol. The molecule has 3 N–H and O–H groups in total. The minimum Gasteiger partial charge on any atom is -0.339 e. The van der Waals surface area contributed by atoms with Gasteiger partial charge in [0.05, 0.1) is 0 Å². The molecule has 16 heavy (non-hydrogen) atoms. The van der Waals surface area contributed by atoms with Crippen molar-refractivity contribution >= 4 is 5.95 Å². The monoisotopic (exact) mass is 221 g/mol. The van der Waals surface area contributed by atoms with Gasteiger partial charge in [-0.05, 0) is 25.2 Å². The van der Waals surface area contributed by atoms with E-state index in [0.717, 1.165) is 43.6 Å². The quantitative estimate of drug-likeness (QED) is 0.777. The lowest BCUT2D eigenvalue weighted by molar-refractivity contribution is 0.496. The Morgan fingerprint density at radius 1 is 1.38 bits per heavy atom. The average Bonchev–Trinajstić information content (AvgIpc) is 2.82. The maximum atomic E-state index is 5.88. The summed E-state index contributed by atoms with van der Waals surface area (Å²) in [5, 5.41) is 7.38. The summed E-state index contributed by atoms with van der Waals surface area (Å²) in [5.41, 5.74) is 5.88. The van der Waals surface area contributed by atoms with Crippen LogP contribution < -0.4 is 10.6 Å².